The summed E-state index contributed by atoms with van der Waals surface area (Å²) in [5.74, 6) is 0.506. The monoisotopic (exact) mass is 482 g/mol. The summed E-state index contributed by atoms with van der Waals surface area (Å²) in [5, 5.41) is 0.803. The highest BCUT2D eigenvalue weighted by molar-refractivity contribution is 6.31. The van der Waals surface area contributed by atoms with Gasteiger partial charge in [0, 0.05) is 36.1 Å². The lowest BCUT2D eigenvalue weighted by Crippen LogP contribution is -2.58. The van der Waals surface area contributed by atoms with E-state index in [4.69, 9.17) is 16.3 Å². The van der Waals surface area contributed by atoms with Gasteiger partial charge in [-0.2, -0.15) is 4.98 Å². The summed E-state index contributed by atoms with van der Waals surface area (Å²) >= 11 is 6.03. The Hall–Kier alpha value is -3.39. The average Bonchev–Trinajstić information content (AvgIpc) is 2.83. The highest BCUT2D eigenvalue weighted by Gasteiger charge is 2.34. The molecule has 1 fully saturated rings. The maximum absolute atomic E-state index is 13.8. The van der Waals surface area contributed by atoms with Crippen molar-refractivity contribution in [2.24, 2.45) is 0 Å². The maximum atomic E-state index is 13.8. The molecule has 0 saturated carbocycles. The number of amides is 1. The van der Waals surface area contributed by atoms with Crippen LogP contribution in [-0.4, -0.2) is 52.1 Å². The van der Waals surface area contributed by atoms with Gasteiger partial charge in [0.15, 0.2) is 5.75 Å². The van der Waals surface area contributed by atoms with E-state index in [0.29, 0.717) is 48.9 Å². The Balaban J connectivity index is 1.67. The molecule has 0 unspecified atom stereocenters. The largest absolute Gasteiger partial charge is 0.489 e. The molecule has 34 heavy (non-hydrogen) atoms. The number of benzene rings is 2. The second kappa shape index (κ2) is 8.43. The van der Waals surface area contributed by atoms with Gasteiger partial charge in [-0.05, 0) is 49.8 Å². The molecule has 2 aliphatic rings. The van der Waals surface area contributed by atoms with E-state index in [9.17, 15) is 14.0 Å². The second-order valence-corrected chi connectivity index (χ2v) is 9.14. The van der Waals surface area contributed by atoms with Gasteiger partial charge in [0.05, 0.1) is 17.1 Å². The number of piperazine rings is 1. The summed E-state index contributed by atoms with van der Waals surface area (Å²) in [4.78, 5) is 33.7. The molecule has 176 valence electrons. The zero-order chi connectivity index (χ0) is 24.1. The van der Waals surface area contributed by atoms with E-state index in [1.807, 2.05) is 26.0 Å². The highest BCUT2D eigenvalue weighted by atomic mass is 35.5. The van der Waals surface area contributed by atoms with Crippen molar-refractivity contribution in [1.82, 2.24) is 14.5 Å². The van der Waals surface area contributed by atoms with Gasteiger partial charge in [-0.1, -0.05) is 24.2 Å². The number of anilines is 1. The minimum Gasteiger partial charge on any atom is -0.489 e. The standard InChI is InChI=1S/C25H24ClFN4O3/c1-4-21(32)30-12-15(3)31(13-14(30)2)24-18-7-6-17(16-5-8-20(27)19(26)11-16)23-22(18)29(9-10-34-23)25(33)28-24/h4-8,11,14-15H,1,9-10,12-13H2,2-3H3/t14-,15+/m1/s1. The summed E-state index contributed by atoms with van der Waals surface area (Å²) < 4.78 is 21.4. The number of aromatic nitrogens is 2. The van der Waals surface area contributed by atoms with Crippen LogP contribution in [0.2, 0.25) is 5.02 Å². The smallest absolute Gasteiger partial charge is 0.350 e. The topological polar surface area (TPSA) is 67.7 Å². The van der Waals surface area contributed by atoms with Crippen LogP contribution in [0.15, 0.2) is 47.8 Å². The molecule has 3 heterocycles. The summed E-state index contributed by atoms with van der Waals surface area (Å²) in [6, 6.07) is 8.17. The summed E-state index contributed by atoms with van der Waals surface area (Å²) in [6.07, 6.45) is 1.33. The number of hydrogen-bond acceptors (Lipinski definition) is 5. The first-order valence-electron chi connectivity index (χ1n) is 11.2. The molecular weight excluding hydrogens is 459 g/mol. The quantitative estimate of drug-likeness (QED) is 0.530. The zero-order valence-corrected chi connectivity index (χ0v) is 19.7. The van der Waals surface area contributed by atoms with Gasteiger partial charge in [-0.3, -0.25) is 9.36 Å². The van der Waals surface area contributed by atoms with Gasteiger partial charge < -0.3 is 14.5 Å². The average molecular weight is 483 g/mol. The fourth-order valence-electron chi connectivity index (χ4n) is 4.87. The van der Waals surface area contributed by atoms with Crippen molar-refractivity contribution in [3.8, 4) is 16.9 Å². The molecule has 0 N–H and O–H groups in total. The Labute approximate surface area is 201 Å². The van der Waals surface area contributed by atoms with E-state index in [1.54, 1.807) is 21.6 Å². The number of halogens is 2. The van der Waals surface area contributed by atoms with Crippen molar-refractivity contribution in [3.63, 3.8) is 0 Å². The first kappa shape index (κ1) is 22.4. The van der Waals surface area contributed by atoms with Crippen molar-refractivity contribution in [1.29, 1.82) is 0 Å². The number of carbonyl (C=O) groups excluding carboxylic acids is 1. The molecule has 1 amide bonds. The maximum Gasteiger partial charge on any atom is 0.350 e. The Morgan fingerprint density at radius 3 is 2.76 bits per heavy atom. The first-order valence-corrected chi connectivity index (χ1v) is 11.5. The van der Waals surface area contributed by atoms with Crippen LogP contribution in [-0.2, 0) is 11.3 Å². The van der Waals surface area contributed by atoms with E-state index in [2.05, 4.69) is 16.5 Å². The van der Waals surface area contributed by atoms with E-state index in [-0.39, 0.29) is 28.7 Å². The van der Waals surface area contributed by atoms with Gasteiger partial charge in [0.2, 0.25) is 5.91 Å². The van der Waals surface area contributed by atoms with Crippen LogP contribution in [0.1, 0.15) is 13.8 Å². The number of rotatable bonds is 3. The molecule has 0 bridgehead atoms. The van der Waals surface area contributed by atoms with Gasteiger partial charge in [0.25, 0.3) is 0 Å². The van der Waals surface area contributed by atoms with Gasteiger partial charge in [0.1, 0.15) is 18.2 Å². The third-order valence-electron chi connectivity index (χ3n) is 6.58. The lowest BCUT2D eigenvalue weighted by molar-refractivity contribution is -0.128. The summed E-state index contributed by atoms with van der Waals surface area (Å²) in [6.45, 7) is 9.31. The molecule has 0 radical (unpaired) electrons. The van der Waals surface area contributed by atoms with Crippen LogP contribution >= 0.6 is 11.6 Å². The van der Waals surface area contributed by atoms with Gasteiger partial charge >= 0.3 is 5.69 Å². The fraction of sp³-hybridized carbons (Fsp3) is 0.320. The summed E-state index contributed by atoms with van der Waals surface area (Å²) in [7, 11) is 0. The molecule has 9 heteroatoms. The predicted octanol–water partition coefficient (Wildman–Crippen LogP) is 3.86. The predicted molar refractivity (Wildman–Crippen MR) is 130 cm³/mol. The molecule has 5 rings (SSSR count). The molecule has 1 saturated heterocycles. The van der Waals surface area contributed by atoms with Crippen molar-refractivity contribution in [3.05, 3.63) is 64.3 Å². The molecule has 2 aromatic carbocycles. The van der Waals surface area contributed by atoms with Crippen LogP contribution in [0.25, 0.3) is 22.0 Å². The third-order valence-corrected chi connectivity index (χ3v) is 6.87. The number of ether oxygens (including phenoxy) is 1. The highest BCUT2D eigenvalue weighted by Crippen LogP contribution is 2.41. The minimum atomic E-state index is -0.499. The third kappa shape index (κ3) is 3.53. The van der Waals surface area contributed by atoms with E-state index in [1.165, 1.54) is 12.1 Å². The van der Waals surface area contributed by atoms with Crippen LogP contribution < -0.4 is 15.3 Å². The van der Waals surface area contributed by atoms with E-state index in [0.717, 1.165) is 10.9 Å². The van der Waals surface area contributed by atoms with Crippen molar-refractivity contribution in [2.75, 3.05) is 24.6 Å². The molecule has 7 nitrogen and oxygen atoms in total. The Bertz CT molecular complexity index is 1390. The lowest BCUT2D eigenvalue weighted by Gasteiger charge is -2.44. The molecule has 0 aliphatic carbocycles. The van der Waals surface area contributed by atoms with Crippen LogP contribution in [0, 0.1) is 5.82 Å². The fourth-order valence-corrected chi connectivity index (χ4v) is 5.06. The molecule has 0 spiro atoms. The number of nitrogens with zero attached hydrogens (tertiary/aromatic N) is 4. The van der Waals surface area contributed by atoms with Crippen LogP contribution in [0.3, 0.4) is 0 Å². The SMILES string of the molecule is C=CC(=O)N1C[C@H](C)N(c2nc(=O)n3c4c(c(-c5ccc(F)c(Cl)c5)ccc24)OCC3)C[C@H]1C. The second-order valence-electron chi connectivity index (χ2n) is 8.73. The minimum absolute atomic E-state index is 0.0168. The lowest BCUT2D eigenvalue weighted by atomic mass is 10.0. The zero-order valence-electron chi connectivity index (χ0n) is 18.9. The van der Waals surface area contributed by atoms with Crippen molar-refractivity contribution in [2.45, 2.75) is 32.5 Å². The van der Waals surface area contributed by atoms with Crippen LogP contribution in [0.5, 0.6) is 5.75 Å². The molecule has 2 atom stereocenters. The molecular formula is C25H24ClFN4O3. The van der Waals surface area contributed by atoms with Crippen molar-refractivity contribution >= 4 is 34.2 Å². The van der Waals surface area contributed by atoms with E-state index >= 15 is 0 Å². The van der Waals surface area contributed by atoms with Gasteiger partial charge in [-0.15, -0.1) is 0 Å². The normalized spacial score (nSPS) is 19.8. The summed E-state index contributed by atoms with van der Waals surface area (Å²) in [5.41, 5.74) is 1.72. The van der Waals surface area contributed by atoms with Crippen LogP contribution in [0.4, 0.5) is 10.2 Å². The molecule has 2 aliphatic heterocycles. The number of hydrogen-bond donors (Lipinski definition) is 0. The number of carbonyl (C=O) groups is 1. The van der Waals surface area contributed by atoms with Gasteiger partial charge in [-0.25, -0.2) is 9.18 Å². The van der Waals surface area contributed by atoms with Crippen molar-refractivity contribution < 1.29 is 13.9 Å². The van der Waals surface area contributed by atoms with E-state index < -0.39 is 5.82 Å². The Morgan fingerprint density at radius 1 is 1.24 bits per heavy atom. The molecule has 3 aromatic rings. The first-order chi connectivity index (χ1) is 16.3. The Kier molecular flexibility index (Phi) is 5.56. The Morgan fingerprint density at radius 2 is 2.03 bits per heavy atom. The molecule has 1 aromatic heterocycles.